The number of nitrogens with zero attached hydrogens (tertiary/aromatic N) is 5. The van der Waals surface area contributed by atoms with Gasteiger partial charge < -0.3 is 59.5 Å². The summed E-state index contributed by atoms with van der Waals surface area (Å²) in [4.78, 5) is 53.3. The Hall–Kier alpha value is -0.530. The molecule has 26 heteroatoms. The number of carbonyl (C=O) groups is 1. The van der Waals surface area contributed by atoms with Crippen LogP contribution in [0.4, 0.5) is 5.82 Å². The number of nitrogens with two attached hydrogens (primary N) is 2. The summed E-state index contributed by atoms with van der Waals surface area (Å²) in [6, 6.07) is 0. The van der Waals surface area contributed by atoms with Gasteiger partial charge in [-0.3, -0.25) is 18.5 Å². The van der Waals surface area contributed by atoms with E-state index in [0.717, 1.165) is 11.3 Å². The molecule has 6 N–H and O–H groups in total. The Morgan fingerprint density at radius 1 is 1.04 bits per heavy atom. The zero-order valence-electron chi connectivity index (χ0n) is 27.4. The molecule has 3 fully saturated rings. The summed E-state index contributed by atoms with van der Waals surface area (Å²) in [5.74, 6) is -1.39. The van der Waals surface area contributed by atoms with Gasteiger partial charge in [0.25, 0.3) is 21.6 Å². The third-order valence-corrected chi connectivity index (χ3v) is 11.0. The third-order valence-electron chi connectivity index (χ3n) is 7.58. The molecule has 0 saturated carbocycles. The van der Waals surface area contributed by atoms with E-state index >= 15 is 0 Å². The van der Waals surface area contributed by atoms with E-state index in [0.29, 0.717) is 17.3 Å². The fourth-order valence-electron chi connectivity index (χ4n) is 5.47. The maximum atomic E-state index is 12.6. The van der Waals surface area contributed by atoms with Crippen LogP contribution in [0.15, 0.2) is 11.7 Å². The first kappa shape index (κ1) is 42.2. The molecule has 3 aromatic rings. The Morgan fingerprint density at radius 2 is 1.68 bits per heavy atom. The number of nitrogen functional groups attached to an aromatic ring is 1. The van der Waals surface area contributed by atoms with E-state index in [-0.39, 0.29) is 81.8 Å². The number of aliphatic hydroxyl groups is 2. The van der Waals surface area contributed by atoms with Gasteiger partial charge in [-0.15, -0.1) is 11.3 Å². The molecule has 3 aromatic heterocycles. The first-order valence-electron chi connectivity index (χ1n) is 14.4. The van der Waals surface area contributed by atoms with Crippen molar-refractivity contribution in [3.05, 3.63) is 28.2 Å². The fraction of sp³-hybridized carbons (Fsp3) is 0.625. The Morgan fingerprint density at radius 3 is 2.30 bits per heavy atom. The van der Waals surface area contributed by atoms with Crippen molar-refractivity contribution >= 4 is 49.9 Å². The first-order valence-corrected chi connectivity index (χ1v) is 18.2. The quantitative estimate of drug-likeness (QED) is 0.0980. The molecule has 0 radical (unpaired) electrons. The van der Waals surface area contributed by atoms with Crippen LogP contribution < -0.4 is 80.4 Å². The molecule has 10 atom stereocenters. The number of aryl methyl sites for hydroxylation is 1. The molecule has 1 amide bonds. The second-order valence-corrected chi connectivity index (χ2v) is 15.3. The van der Waals surface area contributed by atoms with Crippen LogP contribution in [0.2, 0.25) is 0 Å². The number of primary amides is 1. The van der Waals surface area contributed by atoms with E-state index in [2.05, 4.69) is 28.8 Å². The van der Waals surface area contributed by atoms with Gasteiger partial charge in [0.2, 0.25) is 0 Å². The average Bonchev–Trinajstić information content (AvgIpc) is 3.81. The van der Waals surface area contributed by atoms with E-state index < -0.39 is 89.5 Å². The van der Waals surface area contributed by atoms with Crippen molar-refractivity contribution in [2.24, 2.45) is 5.73 Å². The summed E-state index contributed by atoms with van der Waals surface area (Å²) in [5, 5.41) is 22.9. The van der Waals surface area contributed by atoms with Crippen LogP contribution in [0.1, 0.15) is 54.4 Å². The van der Waals surface area contributed by atoms with Crippen LogP contribution in [-0.2, 0) is 47.9 Å². The van der Waals surface area contributed by atoms with Crippen LogP contribution in [0.5, 0.6) is 0 Å². The predicted octanol–water partition coefficient (Wildman–Crippen LogP) is -7.20. The molecule has 3 aliphatic heterocycles. The molecule has 264 valence electrons. The zero-order chi connectivity index (χ0) is 34.8. The Bertz CT molecular complexity index is 1800. The second kappa shape index (κ2) is 16.1. The van der Waals surface area contributed by atoms with Crippen LogP contribution in [0, 0.1) is 0 Å². The van der Waals surface area contributed by atoms with Crippen molar-refractivity contribution in [2.45, 2.75) is 81.9 Å². The van der Waals surface area contributed by atoms with E-state index in [9.17, 15) is 33.9 Å². The first-order chi connectivity index (χ1) is 22.5. The molecule has 0 aliphatic carbocycles. The van der Waals surface area contributed by atoms with Gasteiger partial charge in [0.1, 0.15) is 64.8 Å². The summed E-state index contributed by atoms with van der Waals surface area (Å²) in [6.07, 6.45) is -7.99. The number of amides is 1. The Labute approximate surface area is 332 Å². The van der Waals surface area contributed by atoms with Gasteiger partial charge in [0.05, 0.1) is 19.5 Å². The number of aliphatic hydroxyl groups excluding tert-OH is 2. The number of phosphoric ester groups is 2. The van der Waals surface area contributed by atoms with Gasteiger partial charge in [-0.1, -0.05) is 6.92 Å². The number of fused-ring (bicyclic) bond motifs is 2. The zero-order valence-corrected chi connectivity index (χ0v) is 34.0. The number of ether oxygens (including phenoxy) is 4. The number of anilines is 1. The van der Waals surface area contributed by atoms with E-state index in [1.165, 1.54) is 16.3 Å². The van der Waals surface area contributed by atoms with Crippen molar-refractivity contribution in [1.82, 2.24) is 24.5 Å². The number of rotatable bonds is 12. The summed E-state index contributed by atoms with van der Waals surface area (Å²) in [7, 11) is -11.3. The molecule has 2 unspecified atom stereocenters. The number of hydrogen-bond donors (Lipinski definition) is 4. The minimum Gasteiger partial charge on any atom is -0.756 e. The van der Waals surface area contributed by atoms with Crippen molar-refractivity contribution in [1.29, 1.82) is 0 Å². The molecule has 0 bridgehead atoms. The van der Waals surface area contributed by atoms with Crippen molar-refractivity contribution in [2.75, 3.05) is 18.9 Å². The van der Waals surface area contributed by atoms with Gasteiger partial charge in [0, 0.05) is 11.8 Å². The smallest absolute Gasteiger partial charge is 0.756 e. The van der Waals surface area contributed by atoms with Gasteiger partial charge in [-0.05, 0) is 13.8 Å². The Balaban J connectivity index is 0.00000281. The predicted molar refractivity (Wildman–Crippen MR) is 155 cm³/mol. The van der Waals surface area contributed by atoms with Crippen molar-refractivity contribution in [3.63, 3.8) is 0 Å². The van der Waals surface area contributed by atoms with E-state index in [1.807, 2.05) is 0 Å². The van der Waals surface area contributed by atoms with Crippen LogP contribution in [0.25, 0.3) is 11.2 Å². The third kappa shape index (κ3) is 8.88. The topological polar surface area (TPSA) is 311 Å². The molecule has 0 aromatic carbocycles. The number of aromatic nitrogens is 5. The maximum Gasteiger partial charge on any atom is 1.00 e. The molecule has 3 aliphatic rings. The molecule has 21 nitrogen and oxygen atoms in total. The molecule has 3 saturated heterocycles. The number of hydrogen-bond acceptors (Lipinski definition) is 20. The van der Waals surface area contributed by atoms with Crippen LogP contribution in [0.3, 0.4) is 0 Å². The van der Waals surface area contributed by atoms with Crippen LogP contribution >= 0.6 is 27.0 Å². The van der Waals surface area contributed by atoms with Gasteiger partial charge in [0.15, 0.2) is 23.5 Å². The normalized spacial score (nSPS) is 31.0. The van der Waals surface area contributed by atoms with Gasteiger partial charge in [-0.25, -0.2) is 24.2 Å². The standard InChI is InChI=1S/C24H33N7O14P2S.2Na/c1-4-12-29-19(25)13-21(30-12)31(8-27-13)23-15(33)14(32)10(42-23)5-39-46(35,36)45-47(37,38)40-6-11-16-17(44-24(2,3)43-16)18(41-11)22-28-9(7-48-22)20(26)34;;/h7-8,10-11,14-18,23,32-33H,4-6H2,1-3H3,(H2,26,34)(H,35,36)(H,37,38)(H2,25,29,30);;/q;2*+1/p-2/t10-,11-,14-,15-,16-,17-,18-,23-;;/m1../s1. The number of thiazole rings is 1. The van der Waals surface area contributed by atoms with Gasteiger partial charge >= 0.3 is 59.1 Å². The number of imidazole rings is 1. The molecule has 6 heterocycles. The molecular formula is C24H31N7Na2O14P2S. The van der Waals surface area contributed by atoms with Gasteiger partial charge in [-0.2, -0.15) is 0 Å². The van der Waals surface area contributed by atoms with E-state index in [4.69, 9.17) is 34.9 Å². The van der Waals surface area contributed by atoms with E-state index in [1.54, 1.807) is 20.8 Å². The second-order valence-electron chi connectivity index (χ2n) is 11.4. The van der Waals surface area contributed by atoms with Crippen molar-refractivity contribution in [3.8, 4) is 0 Å². The van der Waals surface area contributed by atoms with Crippen LogP contribution in [-0.4, -0.2) is 96.2 Å². The summed E-state index contributed by atoms with van der Waals surface area (Å²) < 4.78 is 63.4. The van der Waals surface area contributed by atoms with Crippen molar-refractivity contribution < 1.29 is 125 Å². The SMILES string of the molecule is CCc1nc(N)c2ncn([C@@H]3O[C@H](COP(=O)([O-])OP(=O)([O-])OC[C@H]4O[C@@H](c5nc(C(N)=O)cs5)[C@@H]5OC(C)(C)O[C@@H]54)[C@@H](O)[C@H]3O)c2n1.[Na+].[Na+]. The maximum absolute atomic E-state index is 12.6. The number of carbonyl (C=O) groups excluding carboxylic acids is 1. The fourth-order valence-corrected chi connectivity index (χ4v) is 8.36. The molecule has 6 rings (SSSR count). The summed E-state index contributed by atoms with van der Waals surface area (Å²) in [5.41, 5.74) is 11.6. The minimum absolute atomic E-state index is 0. The molecule has 0 spiro atoms. The monoisotopic (exact) mass is 781 g/mol. The largest absolute Gasteiger partial charge is 1.00 e. The summed E-state index contributed by atoms with van der Waals surface area (Å²) >= 11 is 1.07. The summed E-state index contributed by atoms with van der Waals surface area (Å²) in [6.45, 7) is 3.35. The minimum atomic E-state index is -5.65. The average molecular weight is 782 g/mol. The number of phosphoric acid groups is 2. The molecule has 50 heavy (non-hydrogen) atoms. The molecular weight excluding hydrogens is 750 g/mol. The Kier molecular flexibility index (Phi) is 13.6.